The van der Waals surface area contributed by atoms with E-state index in [1.165, 1.54) is 6.07 Å². The largest absolute Gasteiger partial charge is 0.485 e. The Bertz CT molecular complexity index is 402. The van der Waals surface area contributed by atoms with Gasteiger partial charge < -0.3 is 10.5 Å². The maximum Gasteiger partial charge on any atom is 0.312 e. The third kappa shape index (κ3) is 3.79. The van der Waals surface area contributed by atoms with Crippen LogP contribution in [0.4, 0.5) is 5.69 Å². The Labute approximate surface area is 102 Å². The number of nitro benzene ring substituents is 1. The fourth-order valence-electron chi connectivity index (χ4n) is 1.02. The lowest BCUT2D eigenvalue weighted by Crippen LogP contribution is -2.38. The lowest BCUT2D eigenvalue weighted by Gasteiger charge is -2.18. The zero-order valence-electron chi connectivity index (χ0n) is 9.07. The van der Waals surface area contributed by atoms with Crippen molar-refractivity contribution in [2.24, 2.45) is 5.73 Å². The van der Waals surface area contributed by atoms with Crippen molar-refractivity contribution in [2.75, 3.05) is 6.61 Å². The molecule has 1 rings (SSSR count). The van der Waals surface area contributed by atoms with Crippen molar-refractivity contribution in [3.63, 3.8) is 0 Å². The van der Waals surface area contributed by atoms with Crippen molar-refractivity contribution in [1.82, 2.24) is 0 Å². The first kappa shape index (κ1) is 12.9. The van der Waals surface area contributed by atoms with Crippen LogP contribution in [0.3, 0.4) is 0 Å². The summed E-state index contributed by atoms with van der Waals surface area (Å²) in [6.45, 7) is 3.80. The second kappa shape index (κ2) is 4.80. The predicted molar refractivity (Wildman–Crippen MR) is 64.6 cm³/mol. The minimum Gasteiger partial charge on any atom is -0.485 e. The second-order valence-electron chi connectivity index (χ2n) is 4.15. The normalized spacial score (nSPS) is 11.2. The number of nitro groups is 1. The van der Waals surface area contributed by atoms with E-state index in [1.807, 2.05) is 0 Å². The Hall–Kier alpha value is -1.14. The zero-order valence-corrected chi connectivity index (χ0v) is 10.7. The number of halogens is 1. The van der Waals surface area contributed by atoms with Crippen molar-refractivity contribution in [1.29, 1.82) is 0 Å². The van der Waals surface area contributed by atoms with E-state index in [4.69, 9.17) is 10.5 Å². The summed E-state index contributed by atoms with van der Waals surface area (Å²) in [7, 11) is 0. The van der Waals surface area contributed by atoms with Gasteiger partial charge in [-0.05, 0) is 26.0 Å². The van der Waals surface area contributed by atoms with Crippen molar-refractivity contribution in [2.45, 2.75) is 19.4 Å². The van der Waals surface area contributed by atoms with Crippen LogP contribution in [0, 0.1) is 10.1 Å². The molecule has 0 atom stereocenters. The van der Waals surface area contributed by atoms with E-state index >= 15 is 0 Å². The molecule has 5 nitrogen and oxygen atoms in total. The molecule has 0 aliphatic carbocycles. The summed E-state index contributed by atoms with van der Waals surface area (Å²) in [5.74, 6) is 0.228. The summed E-state index contributed by atoms with van der Waals surface area (Å²) in [4.78, 5) is 10.3. The van der Waals surface area contributed by atoms with Gasteiger partial charge in [0.2, 0.25) is 0 Å². The molecule has 0 amide bonds. The van der Waals surface area contributed by atoms with Gasteiger partial charge in [0.15, 0.2) is 5.75 Å². The summed E-state index contributed by atoms with van der Waals surface area (Å²) in [6.07, 6.45) is 0. The number of benzene rings is 1. The number of nitrogens with two attached hydrogens (primary N) is 1. The third-order valence-corrected chi connectivity index (χ3v) is 2.21. The maximum absolute atomic E-state index is 10.8. The average molecular weight is 289 g/mol. The maximum atomic E-state index is 10.8. The Morgan fingerprint density at radius 1 is 1.56 bits per heavy atom. The molecule has 16 heavy (non-hydrogen) atoms. The fraction of sp³-hybridized carbons (Fsp3) is 0.400. The molecule has 0 heterocycles. The molecule has 0 aliphatic rings. The second-order valence-corrected chi connectivity index (χ2v) is 5.06. The molecular formula is C10H13BrN2O3. The minimum absolute atomic E-state index is 0.0707. The van der Waals surface area contributed by atoms with Crippen LogP contribution in [-0.4, -0.2) is 17.1 Å². The molecule has 0 saturated carbocycles. The van der Waals surface area contributed by atoms with Gasteiger partial charge >= 0.3 is 5.69 Å². The summed E-state index contributed by atoms with van der Waals surface area (Å²) in [5.41, 5.74) is 5.14. The molecule has 2 N–H and O–H groups in total. The van der Waals surface area contributed by atoms with E-state index in [9.17, 15) is 10.1 Å². The summed E-state index contributed by atoms with van der Waals surface area (Å²) >= 11 is 3.17. The van der Waals surface area contributed by atoms with Crippen LogP contribution in [0.15, 0.2) is 22.7 Å². The van der Waals surface area contributed by atoms with Crippen LogP contribution in [0.2, 0.25) is 0 Å². The van der Waals surface area contributed by atoms with Crippen LogP contribution in [0.5, 0.6) is 5.75 Å². The summed E-state index contributed by atoms with van der Waals surface area (Å²) in [6, 6.07) is 4.64. The number of nitrogens with zero attached hydrogens (tertiary/aromatic N) is 1. The highest BCUT2D eigenvalue weighted by atomic mass is 79.9. The van der Waals surface area contributed by atoms with E-state index in [-0.39, 0.29) is 18.0 Å². The SMILES string of the molecule is CC(C)(N)COc1ccc(Br)cc1[N+](=O)[O-]. The topological polar surface area (TPSA) is 78.4 Å². The first-order chi connectivity index (χ1) is 7.29. The summed E-state index contributed by atoms with van der Waals surface area (Å²) in [5, 5.41) is 10.8. The Morgan fingerprint density at radius 2 is 2.19 bits per heavy atom. The third-order valence-electron chi connectivity index (χ3n) is 1.72. The lowest BCUT2D eigenvalue weighted by molar-refractivity contribution is -0.386. The standard InChI is InChI=1S/C10H13BrN2O3/c1-10(2,12)6-16-9-4-3-7(11)5-8(9)13(14)15/h3-5H,6,12H2,1-2H3. The van der Waals surface area contributed by atoms with E-state index in [1.54, 1.807) is 26.0 Å². The van der Waals surface area contributed by atoms with Crippen molar-refractivity contribution in [3.8, 4) is 5.75 Å². The van der Waals surface area contributed by atoms with Gasteiger partial charge in [0, 0.05) is 16.1 Å². The smallest absolute Gasteiger partial charge is 0.312 e. The van der Waals surface area contributed by atoms with Gasteiger partial charge in [-0.1, -0.05) is 15.9 Å². The van der Waals surface area contributed by atoms with E-state index in [0.717, 1.165) is 0 Å². The minimum atomic E-state index is -0.527. The summed E-state index contributed by atoms with van der Waals surface area (Å²) < 4.78 is 5.97. The number of rotatable bonds is 4. The molecule has 0 fully saturated rings. The highest BCUT2D eigenvalue weighted by Gasteiger charge is 2.18. The van der Waals surface area contributed by atoms with Gasteiger partial charge in [-0.15, -0.1) is 0 Å². The molecule has 1 aromatic carbocycles. The quantitative estimate of drug-likeness (QED) is 0.682. The predicted octanol–water partition coefficient (Wildman–Crippen LogP) is 2.47. The number of ether oxygens (including phenoxy) is 1. The van der Waals surface area contributed by atoms with Crippen LogP contribution < -0.4 is 10.5 Å². The van der Waals surface area contributed by atoms with Crippen LogP contribution in [0.1, 0.15) is 13.8 Å². The van der Waals surface area contributed by atoms with Gasteiger partial charge in [-0.3, -0.25) is 10.1 Å². The van der Waals surface area contributed by atoms with E-state index < -0.39 is 10.5 Å². The highest BCUT2D eigenvalue weighted by Crippen LogP contribution is 2.30. The molecule has 0 aliphatic heterocycles. The molecule has 88 valence electrons. The van der Waals surface area contributed by atoms with Gasteiger partial charge in [0.25, 0.3) is 0 Å². The van der Waals surface area contributed by atoms with Crippen LogP contribution in [0.25, 0.3) is 0 Å². The van der Waals surface area contributed by atoms with Crippen molar-refractivity contribution >= 4 is 21.6 Å². The number of hydrogen-bond acceptors (Lipinski definition) is 4. The van der Waals surface area contributed by atoms with Gasteiger partial charge in [0.05, 0.1) is 4.92 Å². The van der Waals surface area contributed by atoms with Crippen molar-refractivity contribution < 1.29 is 9.66 Å². The zero-order chi connectivity index (χ0) is 12.3. The lowest BCUT2D eigenvalue weighted by atomic mass is 10.1. The number of hydrogen-bond donors (Lipinski definition) is 1. The van der Waals surface area contributed by atoms with Crippen molar-refractivity contribution in [3.05, 3.63) is 32.8 Å². The van der Waals surface area contributed by atoms with Gasteiger partial charge in [0.1, 0.15) is 6.61 Å². The average Bonchev–Trinajstić information content (AvgIpc) is 2.14. The fourth-order valence-corrected chi connectivity index (χ4v) is 1.37. The first-order valence-corrected chi connectivity index (χ1v) is 5.44. The van der Waals surface area contributed by atoms with Crippen LogP contribution >= 0.6 is 15.9 Å². The molecule has 1 aromatic rings. The van der Waals surface area contributed by atoms with Gasteiger partial charge in [-0.25, -0.2) is 0 Å². The molecule has 6 heteroatoms. The Balaban J connectivity index is 2.91. The van der Waals surface area contributed by atoms with Gasteiger partial charge in [-0.2, -0.15) is 0 Å². The molecule has 0 aromatic heterocycles. The first-order valence-electron chi connectivity index (χ1n) is 4.65. The molecule has 0 unspecified atom stereocenters. The van der Waals surface area contributed by atoms with Crippen LogP contribution in [-0.2, 0) is 0 Å². The molecular weight excluding hydrogens is 276 g/mol. The molecule has 0 saturated heterocycles. The van der Waals surface area contributed by atoms with E-state index in [2.05, 4.69) is 15.9 Å². The molecule has 0 radical (unpaired) electrons. The Kier molecular flexibility index (Phi) is 3.88. The molecule has 0 bridgehead atoms. The highest BCUT2D eigenvalue weighted by molar-refractivity contribution is 9.10. The van der Waals surface area contributed by atoms with E-state index in [0.29, 0.717) is 4.47 Å². The monoisotopic (exact) mass is 288 g/mol. The molecule has 0 spiro atoms. The Morgan fingerprint density at radius 3 is 2.69 bits per heavy atom.